The number of hydrogen-bond donors (Lipinski definition) is 0. The molecule has 0 spiro atoms. The minimum Gasteiger partial charge on any atom is -0.275 e. The van der Waals surface area contributed by atoms with E-state index in [-0.39, 0.29) is 11.1 Å². The normalized spacial score (nSPS) is 12.5. The predicted molar refractivity (Wildman–Crippen MR) is 266 cm³/mol. The summed E-state index contributed by atoms with van der Waals surface area (Å²) in [7, 11) is 0. The lowest BCUT2D eigenvalue weighted by molar-refractivity contribution is 1.14. The van der Waals surface area contributed by atoms with Gasteiger partial charge in [-0.05, 0) is 122 Å². The van der Waals surface area contributed by atoms with E-state index in [4.69, 9.17) is 0 Å². The number of benzene rings is 8. The number of allylic oxidation sites excluding steroid dienone is 2. The summed E-state index contributed by atoms with van der Waals surface area (Å²) >= 11 is 0. The first-order valence-corrected chi connectivity index (χ1v) is 21.0. The quantitative estimate of drug-likeness (QED) is 0.163. The van der Waals surface area contributed by atoms with Crippen LogP contribution in [0.5, 0.6) is 0 Å². The maximum Gasteiger partial charge on any atom is 0.263 e. The average molecular weight is 795 g/mol. The van der Waals surface area contributed by atoms with E-state index in [0.29, 0.717) is 5.56 Å². The second kappa shape index (κ2) is 13.2. The van der Waals surface area contributed by atoms with E-state index in [0.717, 1.165) is 93.0 Å². The summed E-state index contributed by atoms with van der Waals surface area (Å²) in [5, 5.41) is 13.9. The van der Waals surface area contributed by atoms with Crippen molar-refractivity contribution in [3.63, 3.8) is 0 Å². The molecule has 0 aliphatic carbocycles. The summed E-state index contributed by atoms with van der Waals surface area (Å²) in [6.07, 6.45) is 9.58. The van der Waals surface area contributed by atoms with Crippen LogP contribution in [-0.4, -0.2) is 8.80 Å². The molecule has 0 amide bonds. The van der Waals surface area contributed by atoms with Gasteiger partial charge in [-0.3, -0.25) is 18.4 Å². The van der Waals surface area contributed by atoms with E-state index in [2.05, 4.69) is 134 Å². The molecule has 0 radical (unpaired) electrons. The summed E-state index contributed by atoms with van der Waals surface area (Å²) < 4.78 is 3.72. The zero-order valence-corrected chi connectivity index (χ0v) is 34.3. The highest BCUT2D eigenvalue weighted by atomic mass is 16.1. The van der Waals surface area contributed by atoms with Crippen molar-refractivity contribution in [1.82, 2.24) is 8.80 Å². The van der Waals surface area contributed by atoms with E-state index in [1.54, 1.807) is 6.08 Å². The van der Waals surface area contributed by atoms with Crippen molar-refractivity contribution in [2.24, 2.45) is 0 Å². The number of aromatic nitrogens is 2. The van der Waals surface area contributed by atoms with Gasteiger partial charge in [0, 0.05) is 43.3 Å². The zero-order valence-electron chi connectivity index (χ0n) is 34.3. The molecule has 0 bridgehead atoms. The molecule has 4 heteroatoms. The highest BCUT2D eigenvalue weighted by Crippen LogP contribution is 2.41. The maximum absolute atomic E-state index is 14.1. The Balaban J connectivity index is 1.03. The first kappa shape index (κ1) is 35.8. The zero-order chi connectivity index (χ0) is 42.0. The number of para-hydroxylation sites is 1. The molecule has 12 aromatic rings. The van der Waals surface area contributed by atoms with Gasteiger partial charge >= 0.3 is 0 Å². The molecule has 0 unspecified atom stereocenters. The summed E-state index contributed by atoms with van der Waals surface area (Å²) in [5.74, 6) is 0. The van der Waals surface area contributed by atoms with E-state index in [9.17, 15) is 9.59 Å². The third-order valence-corrected chi connectivity index (χ3v) is 13.2. The van der Waals surface area contributed by atoms with Gasteiger partial charge < -0.3 is 0 Å². The lowest BCUT2D eigenvalue weighted by Gasteiger charge is -2.14. The highest BCUT2D eigenvalue weighted by Gasteiger charge is 2.20. The highest BCUT2D eigenvalue weighted by molar-refractivity contribution is 6.26. The van der Waals surface area contributed by atoms with Crippen molar-refractivity contribution in [3.05, 3.63) is 201 Å². The van der Waals surface area contributed by atoms with E-state index in [1.165, 1.54) is 32.3 Å². The molecule has 0 saturated heterocycles. The van der Waals surface area contributed by atoms with Crippen molar-refractivity contribution in [2.75, 3.05) is 0 Å². The van der Waals surface area contributed by atoms with Crippen LogP contribution in [0, 0.1) is 0 Å². The largest absolute Gasteiger partial charge is 0.275 e. The van der Waals surface area contributed by atoms with Gasteiger partial charge in [-0.25, -0.2) is 0 Å². The summed E-state index contributed by atoms with van der Waals surface area (Å²) in [6, 6.07) is 49.5. The molecular weight excluding hydrogens is 757 g/mol. The standard InChI is InChI=1S/C58H38N2O2/c1-5-13-44-51-31-36(23-27-53(51)59-55(44)33(4)38(7-3)47(14-6-2)57(59)61)34-21-25-42-43-26-22-35(30-50(43)40-16-9-8-15-39(40)49(42)29-34)37-24-28-54-52(32-37)46-20-12-19-45-41-17-10-11-18-48(41)58(62)60(54)56(45)46/h5-32H,3-4H2,1-2H3/b13-5-,14-6-. The molecule has 4 heterocycles. The number of rotatable bonds is 5. The topological polar surface area (TPSA) is 43.0 Å². The Morgan fingerprint density at radius 2 is 0.839 bits per heavy atom. The third kappa shape index (κ3) is 4.77. The van der Waals surface area contributed by atoms with Crippen LogP contribution in [0.2, 0.25) is 0 Å². The van der Waals surface area contributed by atoms with Crippen LogP contribution in [0.4, 0.5) is 0 Å². The summed E-state index contributed by atoms with van der Waals surface area (Å²) in [4.78, 5) is 28.0. The molecule has 0 N–H and O–H groups in total. The first-order chi connectivity index (χ1) is 30.4. The molecule has 12 rings (SSSR count). The van der Waals surface area contributed by atoms with Gasteiger partial charge in [-0.15, -0.1) is 0 Å². The van der Waals surface area contributed by atoms with E-state index >= 15 is 0 Å². The fourth-order valence-corrected chi connectivity index (χ4v) is 10.4. The smallest absolute Gasteiger partial charge is 0.263 e. The van der Waals surface area contributed by atoms with Crippen LogP contribution >= 0.6 is 0 Å². The Kier molecular flexibility index (Phi) is 7.63. The minimum absolute atomic E-state index is 0.0170. The fraction of sp³-hybridized carbons (Fsp3) is 0.0345. The Labute approximate surface area is 355 Å². The monoisotopic (exact) mass is 794 g/mol. The Bertz CT molecular complexity index is 4180. The average Bonchev–Trinajstić information content (AvgIpc) is 3.83. The van der Waals surface area contributed by atoms with E-state index in [1.807, 2.05) is 65.1 Å². The van der Waals surface area contributed by atoms with Crippen LogP contribution in [0.3, 0.4) is 0 Å². The molecule has 62 heavy (non-hydrogen) atoms. The van der Waals surface area contributed by atoms with Gasteiger partial charge in [0.05, 0.1) is 22.1 Å². The molecule has 292 valence electrons. The molecule has 0 aliphatic heterocycles. The molecule has 0 aliphatic rings. The fourth-order valence-electron chi connectivity index (χ4n) is 10.4. The molecule has 0 fully saturated rings. The van der Waals surface area contributed by atoms with Crippen LogP contribution in [0.1, 0.15) is 30.5 Å². The van der Waals surface area contributed by atoms with Crippen LogP contribution < -0.4 is 16.3 Å². The van der Waals surface area contributed by atoms with Gasteiger partial charge in [0.2, 0.25) is 0 Å². The van der Waals surface area contributed by atoms with Gasteiger partial charge in [0.15, 0.2) is 0 Å². The van der Waals surface area contributed by atoms with Crippen LogP contribution in [-0.2, 0) is 0 Å². The van der Waals surface area contributed by atoms with Gasteiger partial charge in [-0.2, -0.15) is 0 Å². The molecule has 8 aromatic carbocycles. The molecule has 4 aromatic heterocycles. The minimum atomic E-state index is -0.0777. The lowest BCUT2D eigenvalue weighted by Crippen LogP contribution is -2.25. The Morgan fingerprint density at radius 3 is 1.42 bits per heavy atom. The number of fused-ring (bicyclic) bond motifs is 14. The van der Waals surface area contributed by atoms with Crippen molar-refractivity contribution >= 4 is 112 Å². The second-order valence-corrected chi connectivity index (χ2v) is 16.3. The van der Waals surface area contributed by atoms with Gasteiger partial charge in [0.25, 0.3) is 11.1 Å². The van der Waals surface area contributed by atoms with Crippen molar-refractivity contribution in [2.45, 2.75) is 13.8 Å². The summed E-state index contributed by atoms with van der Waals surface area (Å²) in [5.41, 5.74) is 10.2. The molecule has 0 saturated carbocycles. The van der Waals surface area contributed by atoms with E-state index < -0.39 is 0 Å². The molecule has 0 atom stereocenters. The molecular formula is C58H38N2O2. The first-order valence-electron chi connectivity index (χ1n) is 21.0. The molecule has 4 nitrogen and oxygen atoms in total. The SMILES string of the molecule is C=Cc1c(/C=C\C)c(=O)n2c(c(/C=C\C)c3cc(-c4ccc5c6ccc(-c7ccc8c(c7)c7cccc9c%10ccccc%10c(=O)n8c97)cc6c6ccccc6c5c4)ccc32)c1=C. The number of nitrogens with zero attached hydrogens (tertiary/aromatic N) is 2. The van der Waals surface area contributed by atoms with Crippen molar-refractivity contribution in [3.8, 4) is 22.3 Å². The predicted octanol–water partition coefficient (Wildman–Crippen LogP) is 13.6. The third-order valence-electron chi connectivity index (χ3n) is 13.2. The maximum atomic E-state index is 14.1. The lowest BCUT2D eigenvalue weighted by atomic mass is 9.90. The summed E-state index contributed by atoms with van der Waals surface area (Å²) in [6.45, 7) is 12.4. The van der Waals surface area contributed by atoms with Crippen molar-refractivity contribution in [1.29, 1.82) is 0 Å². The van der Waals surface area contributed by atoms with Crippen molar-refractivity contribution < 1.29 is 0 Å². The number of pyridine rings is 2. The Morgan fingerprint density at radius 1 is 0.403 bits per heavy atom. The number of hydrogen-bond acceptors (Lipinski definition) is 2. The van der Waals surface area contributed by atoms with Crippen LogP contribution in [0.25, 0.3) is 134 Å². The van der Waals surface area contributed by atoms with Gasteiger partial charge in [-0.1, -0.05) is 141 Å². The van der Waals surface area contributed by atoms with Crippen LogP contribution in [0.15, 0.2) is 168 Å². The van der Waals surface area contributed by atoms with Gasteiger partial charge in [0.1, 0.15) is 0 Å². The Hall–Kier alpha value is -8.08. The second-order valence-electron chi connectivity index (χ2n) is 16.3.